The summed E-state index contributed by atoms with van der Waals surface area (Å²) in [5.74, 6) is 8.09. The average Bonchev–Trinajstić information content (AvgIpc) is 2.99. The van der Waals surface area contributed by atoms with Gasteiger partial charge in [-0.2, -0.15) is 0 Å². The van der Waals surface area contributed by atoms with Gasteiger partial charge in [-0.25, -0.2) is 0 Å². The summed E-state index contributed by atoms with van der Waals surface area (Å²) < 4.78 is 20.8. The smallest absolute Gasteiger partial charge is 0.231 e. The van der Waals surface area contributed by atoms with Gasteiger partial charge in [0, 0.05) is 11.1 Å². The standard InChI is InChI=1S/C17H14O5/c1-19-16-9-12(7-13(18)17(16)20-2)4-3-11-5-6-14-15(8-11)22-10-21-14/h5-9,18H,10H2,1-2H3. The fourth-order valence-corrected chi connectivity index (χ4v) is 2.14. The lowest BCUT2D eigenvalue weighted by atomic mass is 10.1. The highest BCUT2D eigenvalue weighted by molar-refractivity contribution is 5.58. The maximum atomic E-state index is 9.92. The number of phenols is 1. The average molecular weight is 298 g/mol. The summed E-state index contributed by atoms with van der Waals surface area (Å²) in [4.78, 5) is 0. The molecule has 1 heterocycles. The van der Waals surface area contributed by atoms with Crippen molar-refractivity contribution in [1.29, 1.82) is 0 Å². The van der Waals surface area contributed by atoms with Crippen LogP contribution in [0.3, 0.4) is 0 Å². The van der Waals surface area contributed by atoms with Gasteiger partial charge in [0.25, 0.3) is 0 Å². The molecule has 5 heteroatoms. The van der Waals surface area contributed by atoms with Crippen LogP contribution >= 0.6 is 0 Å². The summed E-state index contributed by atoms with van der Waals surface area (Å²) in [7, 11) is 2.97. The predicted octanol–water partition coefficient (Wildman–Crippen LogP) is 2.54. The number of aromatic hydroxyl groups is 1. The zero-order chi connectivity index (χ0) is 15.5. The topological polar surface area (TPSA) is 57.2 Å². The Bertz CT molecular complexity index is 771. The highest BCUT2D eigenvalue weighted by atomic mass is 16.7. The largest absolute Gasteiger partial charge is 0.504 e. The fraction of sp³-hybridized carbons (Fsp3) is 0.176. The van der Waals surface area contributed by atoms with Crippen molar-refractivity contribution in [3.8, 4) is 40.6 Å². The van der Waals surface area contributed by atoms with Gasteiger partial charge in [0.2, 0.25) is 12.5 Å². The first-order chi connectivity index (χ1) is 10.7. The minimum absolute atomic E-state index is 0.0168. The Kier molecular flexibility index (Phi) is 3.67. The van der Waals surface area contributed by atoms with Gasteiger partial charge < -0.3 is 24.1 Å². The molecule has 1 aliphatic heterocycles. The second-order valence-corrected chi connectivity index (χ2v) is 4.55. The number of rotatable bonds is 2. The maximum absolute atomic E-state index is 9.92. The van der Waals surface area contributed by atoms with Gasteiger partial charge in [-0.05, 0) is 30.3 Å². The van der Waals surface area contributed by atoms with Crippen molar-refractivity contribution in [1.82, 2.24) is 0 Å². The van der Waals surface area contributed by atoms with Crippen molar-refractivity contribution in [2.75, 3.05) is 21.0 Å². The molecule has 0 radical (unpaired) electrons. The molecule has 0 aliphatic carbocycles. The highest BCUT2D eigenvalue weighted by Gasteiger charge is 2.13. The van der Waals surface area contributed by atoms with Gasteiger partial charge >= 0.3 is 0 Å². The summed E-state index contributed by atoms with van der Waals surface area (Å²) in [5.41, 5.74) is 1.41. The molecule has 0 aromatic heterocycles. The van der Waals surface area contributed by atoms with Crippen LogP contribution in [0.4, 0.5) is 0 Å². The zero-order valence-corrected chi connectivity index (χ0v) is 12.2. The van der Waals surface area contributed by atoms with Gasteiger partial charge in [0.15, 0.2) is 23.0 Å². The third kappa shape index (κ3) is 2.59. The molecule has 2 aromatic carbocycles. The fourth-order valence-electron chi connectivity index (χ4n) is 2.14. The van der Waals surface area contributed by atoms with Crippen LogP contribution in [-0.2, 0) is 0 Å². The Hall–Kier alpha value is -3.00. The predicted molar refractivity (Wildman–Crippen MR) is 79.8 cm³/mol. The summed E-state index contributed by atoms with van der Waals surface area (Å²) >= 11 is 0. The Balaban J connectivity index is 1.92. The molecule has 22 heavy (non-hydrogen) atoms. The van der Waals surface area contributed by atoms with Crippen LogP contribution in [0.5, 0.6) is 28.7 Å². The Morgan fingerprint density at radius 3 is 2.50 bits per heavy atom. The third-order valence-corrected chi connectivity index (χ3v) is 3.18. The van der Waals surface area contributed by atoms with E-state index in [-0.39, 0.29) is 18.3 Å². The highest BCUT2D eigenvalue weighted by Crippen LogP contribution is 2.37. The lowest BCUT2D eigenvalue weighted by molar-refractivity contribution is 0.174. The van der Waals surface area contributed by atoms with Crippen LogP contribution < -0.4 is 18.9 Å². The molecule has 2 aromatic rings. The number of benzene rings is 2. The van der Waals surface area contributed by atoms with Crippen molar-refractivity contribution in [2.24, 2.45) is 0 Å². The van der Waals surface area contributed by atoms with E-state index in [1.165, 1.54) is 20.3 Å². The molecule has 1 N–H and O–H groups in total. The molecule has 112 valence electrons. The molecule has 0 atom stereocenters. The molecule has 0 unspecified atom stereocenters. The number of methoxy groups -OCH3 is 2. The molecule has 0 saturated carbocycles. The summed E-state index contributed by atoms with van der Waals surface area (Å²) in [5, 5.41) is 9.92. The monoisotopic (exact) mass is 298 g/mol. The molecule has 0 spiro atoms. The van der Waals surface area contributed by atoms with Crippen LogP contribution in [0.2, 0.25) is 0 Å². The number of fused-ring (bicyclic) bond motifs is 1. The summed E-state index contributed by atoms with van der Waals surface area (Å²) in [6.45, 7) is 0.232. The Morgan fingerprint density at radius 2 is 1.73 bits per heavy atom. The number of hydrogen-bond acceptors (Lipinski definition) is 5. The van der Waals surface area contributed by atoms with Gasteiger partial charge in [0.05, 0.1) is 14.2 Å². The zero-order valence-electron chi connectivity index (χ0n) is 12.2. The van der Waals surface area contributed by atoms with Crippen molar-refractivity contribution in [3.63, 3.8) is 0 Å². The van der Waals surface area contributed by atoms with Gasteiger partial charge in [-0.3, -0.25) is 0 Å². The SMILES string of the molecule is COc1cc(C#Cc2ccc3c(c2)OCO3)cc(O)c1OC. The Morgan fingerprint density at radius 1 is 0.955 bits per heavy atom. The van der Waals surface area contributed by atoms with E-state index in [0.717, 1.165) is 5.56 Å². The molecule has 3 rings (SSSR count). The van der Waals surface area contributed by atoms with E-state index in [1.807, 2.05) is 18.2 Å². The third-order valence-electron chi connectivity index (χ3n) is 3.18. The molecule has 5 nitrogen and oxygen atoms in total. The van der Waals surface area contributed by atoms with E-state index in [2.05, 4.69) is 11.8 Å². The van der Waals surface area contributed by atoms with Crippen LogP contribution in [0.1, 0.15) is 11.1 Å². The van der Waals surface area contributed by atoms with Crippen LogP contribution in [0.25, 0.3) is 0 Å². The number of phenolic OH excluding ortho intramolecular Hbond substituents is 1. The normalized spacial score (nSPS) is 11.5. The van der Waals surface area contributed by atoms with Crippen molar-refractivity contribution in [2.45, 2.75) is 0 Å². The molecule has 0 saturated heterocycles. The molecule has 1 aliphatic rings. The second kappa shape index (κ2) is 5.78. The van der Waals surface area contributed by atoms with Gasteiger partial charge in [0.1, 0.15) is 0 Å². The molecule has 0 amide bonds. The maximum Gasteiger partial charge on any atom is 0.231 e. The van der Waals surface area contributed by atoms with E-state index >= 15 is 0 Å². The van der Waals surface area contributed by atoms with Gasteiger partial charge in [-0.1, -0.05) is 11.8 Å². The molecular formula is C17H14O5. The molecule has 0 fully saturated rings. The van der Waals surface area contributed by atoms with E-state index < -0.39 is 0 Å². The van der Waals surface area contributed by atoms with Crippen LogP contribution in [-0.4, -0.2) is 26.1 Å². The van der Waals surface area contributed by atoms with Gasteiger partial charge in [-0.15, -0.1) is 0 Å². The lowest BCUT2D eigenvalue weighted by Gasteiger charge is -2.09. The number of ether oxygens (including phenoxy) is 4. The number of hydrogen-bond donors (Lipinski definition) is 1. The van der Waals surface area contributed by atoms with Crippen molar-refractivity contribution >= 4 is 0 Å². The first-order valence-electron chi connectivity index (χ1n) is 6.58. The second-order valence-electron chi connectivity index (χ2n) is 4.55. The van der Waals surface area contributed by atoms with Crippen molar-refractivity contribution in [3.05, 3.63) is 41.5 Å². The van der Waals surface area contributed by atoms with Crippen molar-refractivity contribution < 1.29 is 24.1 Å². The van der Waals surface area contributed by atoms with E-state index in [0.29, 0.717) is 22.8 Å². The minimum atomic E-state index is -0.0168. The van der Waals surface area contributed by atoms with Crippen LogP contribution in [0.15, 0.2) is 30.3 Å². The van der Waals surface area contributed by atoms with E-state index in [1.54, 1.807) is 6.07 Å². The summed E-state index contributed by atoms with van der Waals surface area (Å²) in [6, 6.07) is 8.72. The quantitative estimate of drug-likeness (QED) is 0.863. The summed E-state index contributed by atoms with van der Waals surface area (Å²) in [6.07, 6.45) is 0. The Labute approximate surface area is 128 Å². The van der Waals surface area contributed by atoms with Crippen LogP contribution in [0, 0.1) is 11.8 Å². The first kappa shape index (κ1) is 14.0. The first-order valence-corrected chi connectivity index (χ1v) is 6.58. The van der Waals surface area contributed by atoms with E-state index in [4.69, 9.17) is 18.9 Å². The van der Waals surface area contributed by atoms with E-state index in [9.17, 15) is 5.11 Å². The minimum Gasteiger partial charge on any atom is -0.504 e. The lowest BCUT2D eigenvalue weighted by Crippen LogP contribution is -1.92. The molecule has 0 bridgehead atoms. The molecular weight excluding hydrogens is 284 g/mol.